The summed E-state index contributed by atoms with van der Waals surface area (Å²) in [5.74, 6) is 1.74. The number of pyridine rings is 1. The van der Waals surface area contributed by atoms with Crippen LogP contribution >= 0.6 is 23.2 Å². The van der Waals surface area contributed by atoms with E-state index in [1.807, 2.05) is 7.05 Å². The summed E-state index contributed by atoms with van der Waals surface area (Å²) in [4.78, 5) is 9.54. The first kappa shape index (κ1) is 40.6. The molecule has 10 heteroatoms. The molecule has 2 aromatic carbocycles. The van der Waals surface area contributed by atoms with Gasteiger partial charge in [-0.3, -0.25) is 4.99 Å². The zero-order valence-electron chi connectivity index (χ0n) is 30.4. The monoisotopic (exact) mass is 961 g/mol. The first-order valence-corrected chi connectivity index (χ1v) is 18.9. The maximum Gasteiger partial charge on any atom is 2.00 e. The molecule has 4 atom stereocenters. The smallest absolute Gasteiger partial charge is 0.387 e. The summed E-state index contributed by atoms with van der Waals surface area (Å²) >= 11 is 14.6. The van der Waals surface area contributed by atoms with Gasteiger partial charge in [0, 0.05) is 56.3 Å². The Morgan fingerprint density at radius 1 is 1.06 bits per heavy atom. The largest absolute Gasteiger partial charge is 2.00 e. The van der Waals surface area contributed by atoms with Gasteiger partial charge in [0.1, 0.15) is 5.82 Å². The van der Waals surface area contributed by atoms with Gasteiger partial charge >= 0.3 is 31.1 Å². The van der Waals surface area contributed by atoms with E-state index in [4.69, 9.17) is 33.9 Å². The minimum absolute atomic E-state index is 0. The zero-order chi connectivity index (χ0) is 34.6. The molecule has 3 heterocycles. The van der Waals surface area contributed by atoms with Crippen molar-refractivity contribution in [1.29, 1.82) is 0 Å². The number of nitrogens with two attached hydrogens (primary N) is 1. The third-order valence-corrected chi connectivity index (χ3v) is 11.6. The van der Waals surface area contributed by atoms with Gasteiger partial charge in [0.05, 0.1) is 28.0 Å². The maximum atomic E-state index is 7.33. The van der Waals surface area contributed by atoms with Gasteiger partial charge < -0.3 is 34.4 Å². The number of benzene rings is 2. The minimum Gasteiger partial charge on any atom is -0.387 e. The molecule has 0 bridgehead atoms. The number of fused-ring (bicyclic) bond motifs is 1. The zero-order valence-corrected chi connectivity index (χ0v) is 36.1. The maximum absolute atomic E-state index is 7.33. The quantitative estimate of drug-likeness (QED) is 0.0932. The number of aryl methyl sites for hydroxylation is 1. The standard InChI is InChI=1S/C41H48Cl2N7.CH3.U/c1-25-9-14-31(48-25)23-47-22-30-13-17-37(50-41(30)45-2)36-8-4-7-35(40(36)43)34-6-3-5-29(39(34)42)20-28-12-11-27-19-26(10-16-33(27)28)21-46-24-32-15-18-38(44)49-32;;/h3,5-6,8,13,16-17,19-20,31-32,35,40,46-48H,1,4,7,9,11-12,14-15,18,21-24H2,2H3,(H2,44,49)(H,45,50);1H3;/q2*-1;+2/b28-20+;;/t31-,32-,35?,40?;;/m0../s1. The number of nitrogens with one attached hydrogen (secondary N) is 4. The second kappa shape index (κ2) is 18.7. The number of rotatable bonds is 12. The van der Waals surface area contributed by atoms with Crippen molar-refractivity contribution in [3.8, 4) is 0 Å². The molecule has 0 radical (unpaired) electrons. The second-order valence-corrected chi connectivity index (χ2v) is 14.9. The molecule has 272 valence electrons. The summed E-state index contributed by atoms with van der Waals surface area (Å²) in [6.07, 6.45) is 12.5. The number of allylic oxidation sites excluding steroid dienone is 4. The van der Waals surface area contributed by atoms with Gasteiger partial charge in [-0.25, -0.2) is 4.98 Å². The molecule has 0 amide bonds. The van der Waals surface area contributed by atoms with Crippen LogP contribution in [0.25, 0.3) is 17.2 Å². The number of aliphatic imine (C=N–C) groups is 1. The van der Waals surface area contributed by atoms with Crippen LogP contribution in [0.4, 0.5) is 5.82 Å². The van der Waals surface area contributed by atoms with Crippen molar-refractivity contribution in [3.05, 3.63) is 118 Å². The van der Waals surface area contributed by atoms with Gasteiger partial charge in [0.15, 0.2) is 0 Å². The van der Waals surface area contributed by atoms with Crippen LogP contribution in [0.2, 0.25) is 5.02 Å². The number of aromatic nitrogens is 1. The molecule has 7 rings (SSSR count). The summed E-state index contributed by atoms with van der Waals surface area (Å²) in [6, 6.07) is 19.3. The van der Waals surface area contributed by atoms with E-state index in [2.05, 4.69) is 93.5 Å². The van der Waals surface area contributed by atoms with Gasteiger partial charge in [-0.1, -0.05) is 60.2 Å². The molecule has 0 saturated carbocycles. The van der Waals surface area contributed by atoms with Crippen LogP contribution < -0.4 is 27.0 Å². The molecular formula is C42H51Cl2N7U. The van der Waals surface area contributed by atoms with E-state index >= 15 is 0 Å². The van der Waals surface area contributed by atoms with E-state index in [1.54, 1.807) is 0 Å². The number of alkyl halides is 1. The number of hydrogen-bond donors (Lipinski definition) is 5. The first-order valence-electron chi connectivity index (χ1n) is 18.1. The third kappa shape index (κ3) is 9.38. The summed E-state index contributed by atoms with van der Waals surface area (Å²) in [7, 11) is 1.93. The summed E-state index contributed by atoms with van der Waals surface area (Å²) < 4.78 is 0. The van der Waals surface area contributed by atoms with Crippen molar-refractivity contribution in [1.82, 2.24) is 20.9 Å². The topological polar surface area (TPSA) is 99.4 Å². The van der Waals surface area contributed by atoms with Gasteiger partial charge in [-0.2, -0.15) is 18.2 Å². The Kier molecular flexibility index (Phi) is 14.6. The van der Waals surface area contributed by atoms with E-state index in [1.165, 1.54) is 22.3 Å². The SMILES string of the molecule is C=C1CC[C@@H](CNCc2ccc(C3=CCCC(c4cccc(/C=C5\CCc6cc(CNC[C@@H]7CCC(N)=N7)[c-]cc65)c4Cl)C3Cl)nc2NC)N1.[CH3-].[U+2]. The Hall–Kier alpha value is -2.57. The van der Waals surface area contributed by atoms with Crippen LogP contribution in [0.15, 0.2) is 65.8 Å². The van der Waals surface area contributed by atoms with Crippen molar-refractivity contribution >= 4 is 52.1 Å². The van der Waals surface area contributed by atoms with Gasteiger partial charge in [0.25, 0.3) is 0 Å². The van der Waals surface area contributed by atoms with E-state index in [-0.39, 0.29) is 55.9 Å². The van der Waals surface area contributed by atoms with Crippen molar-refractivity contribution in [3.63, 3.8) is 0 Å². The number of halogens is 2. The Morgan fingerprint density at radius 2 is 1.90 bits per heavy atom. The molecule has 6 N–H and O–H groups in total. The van der Waals surface area contributed by atoms with E-state index in [0.717, 1.165) is 128 Å². The molecule has 7 nitrogen and oxygen atoms in total. The molecule has 2 unspecified atom stereocenters. The molecule has 1 saturated heterocycles. The summed E-state index contributed by atoms with van der Waals surface area (Å²) in [5, 5.41) is 14.4. The normalized spacial score (nSPS) is 23.0. The van der Waals surface area contributed by atoms with Gasteiger partial charge in [-0.15, -0.1) is 28.3 Å². The minimum atomic E-state index is -0.237. The fourth-order valence-corrected chi connectivity index (χ4v) is 8.66. The van der Waals surface area contributed by atoms with Crippen LogP contribution in [-0.4, -0.2) is 48.4 Å². The predicted octanol–water partition coefficient (Wildman–Crippen LogP) is 8.05. The van der Waals surface area contributed by atoms with Crippen LogP contribution in [-0.2, 0) is 19.5 Å². The summed E-state index contributed by atoms with van der Waals surface area (Å²) in [6.45, 7) is 7.32. The Bertz CT molecular complexity index is 1840. The predicted molar refractivity (Wildman–Crippen MR) is 216 cm³/mol. The Morgan fingerprint density at radius 3 is 2.67 bits per heavy atom. The van der Waals surface area contributed by atoms with Gasteiger partial charge in [0.2, 0.25) is 0 Å². The number of nitrogens with zero attached hydrogens (tertiary/aromatic N) is 2. The number of hydrogen-bond acceptors (Lipinski definition) is 7. The van der Waals surface area contributed by atoms with Crippen molar-refractivity contribution in [2.24, 2.45) is 10.7 Å². The molecule has 2 aliphatic heterocycles. The molecule has 3 aromatic rings. The molecule has 52 heavy (non-hydrogen) atoms. The van der Waals surface area contributed by atoms with Crippen LogP contribution in [0.5, 0.6) is 0 Å². The van der Waals surface area contributed by atoms with Crippen molar-refractivity contribution in [2.45, 2.75) is 87.8 Å². The van der Waals surface area contributed by atoms with E-state index in [9.17, 15) is 0 Å². The molecule has 1 fully saturated rings. The molecular weight excluding hydrogens is 911 g/mol. The molecule has 0 spiro atoms. The van der Waals surface area contributed by atoms with Crippen LogP contribution in [0.1, 0.15) is 89.9 Å². The molecule has 4 aliphatic rings. The van der Waals surface area contributed by atoms with Crippen molar-refractivity contribution < 1.29 is 31.1 Å². The average molecular weight is 963 g/mol. The van der Waals surface area contributed by atoms with Crippen molar-refractivity contribution in [2.75, 3.05) is 25.5 Å². The molecule has 2 aliphatic carbocycles. The fraction of sp³-hybridized carbons (Fsp3) is 0.405. The Labute approximate surface area is 344 Å². The average Bonchev–Trinajstić information content (AvgIpc) is 3.85. The number of amidine groups is 1. The van der Waals surface area contributed by atoms with Crippen LogP contribution in [0.3, 0.4) is 0 Å². The number of anilines is 1. The summed E-state index contributed by atoms with van der Waals surface area (Å²) in [5.41, 5.74) is 17.4. The first-order chi connectivity index (χ1) is 24.4. The second-order valence-electron chi connectivity index (χ2n) is 14.1. The van der Waals surface area contributed by atoms with E-state index < -0.39 is 0 Å². The third-order valence-electron chi connectivity index (χ3n) is 10.6. The van der Waals surface area contributed by atoms with Crippen LogP contribution in [0, 0.1) is 44.6 Å². The molecule has 1 aromatic heterocycles. The Balaban J connectivity index is 0.00000261. The van der Waals surface area contributed by atoms with Gasteiger partial charge in [-0.05, 0) is 74.3 Å². The fourth-order valence-electron chi connectivity index (χ4n) is 7.88. The van der Waals surface area contributed by atoms with E-state index in [0.29, 0.717) is 6.04 Å².